The van der Waals surface area contributed by atoms with Crippen LogP contribution in [0.1, 0.15) is 19.5 Å². The first-order chi connectivity index (χ1) is 11.1. The lowest BCUT2D eigenvalue weighted by atomic mass is 10.2. The minimum Gasteiger partial charge on any atom is -0.373 e. The molecule has 0 saturated heterocycles. The smallest absolute Gasteiger partial charge is 0.373 e. The Morgan fingerprint density at radius 3 is 2.38 bits per heavy atom. The average molecular weight is 363 g/mol. The summed E-state index contributed by atoms with van der Waals surface area (Å²) in [6, 6.07) is 4.67. The van der Waals surface area contributed by atoms with Crippen LogP contribution < -0.4 is 9.74 Å². The minimum absolute atomic E-state index is 0.0128. The van der Waals surface area contributed by atoms with Gasteiger partial charge in [-0.25, -0.2) is 4.98 Å². The molecule has 0 aliphatic rings. The Balaban J connectivity index is 0.00000139. The van der Waals surface area contributed by atoms with Gasteiger partial charge in [0.2, 0.25) is 0 Å². The van der Waals surface area contributed by atoms with Crippen molar-refractivity contribution in [2.24, 2.45) is 7.05 Å². The number of halogens is 3. The normalized spacial score (nSPS) is 11.4. The van der Waals surface area contributed by atoms with E-state index in [9.17, 15) is 26.4 Å². The van der Waals surface area contributed by atoms with Gasteiger partial charge >= 0.3 is 15.6 Å². The number of fused-ring (bicyclic) bond motifs is 1. The maximum atomic E-state index is 12.4. The zero-order valence-corrected chi connectivity index (χ0v) is 13.6. The van der Waals surface area contributed by atoms with Crippen molar-refractivity contribution in [3.63, 3.8) is 0 Å². The van der Waals surface area contributed by atoms with Gasteiger partial charge in [-0.2, -0.15) is 26.9 Å². The van der Waals surface area contributed by atoms with Crippen molar-refractivity contribution >= 4 is 21.2 Å². The van der Waals surface area contributed by atoms with Crippen molar-refractivity contribution < 1.29 is 25.8 Å². The third kappa shape index (κ3) is 3.65. The number of rotatable bonds is 2. The quantitative estimate of drug-likeness (QED) is 0.598. The number of pyridine rings is 2. The lowest BCUT2D eigenvalue weighted by Crippen LogP contribution is -2.29. The summed E-state index contributed by atoms with van der Waals surface area (Å²) in [6.07, 6.45) is 0. The number of nitriles is 1. The zero-order valence-electron chi connectivity index (χ0n) is 12.7. The average Bonchev–Trinajstić information content (AvgIpc) is 2.52. The van der Waals surface area contributed by atoms with Gasteiger partial charge in [-0.1, -0.05) is 13.8 Å². The van der Waals surface area contributed by atoms with Gasteiger partial charge in [0.15, 0.2) is 5.75 Å². The van der Waals surface area contributed by atoms with E-state index in [-0.39, 0.29) is 16.7 Å². The molecule has 130 valence electrons. The Hall–Kier alpha value is -2.61. The van der Waals surface area contributed by atoms with Crippen LogP contribution in [-0.4, -0.2) is 23.5 Å². The highest BCUT2D eigenvalue weighted by Gasteiger charge is 2.48. The van der Waals surface area contributed by atoms with E-state index in [1.807, 2.05) is 13.8 Å². The molecule has 0 amide bonds. The van der Waals surface area contributed by atoms with Crippen LogP contribution in [0.4, 0.5) is 13.2 Å². The lowest BCUT2D eigenvalue weighted by molar-refractivity contribution is -0.0499. The highest BCUT2D eigenvalue weighted by molar-refractivity contribution is 7.88. The van der Waals surface area contributed by atoms with Crippen LogP contribution in [0.2, 0.25) is 0 Å². The second-order valence-corrected chi connectivity index (χ2v) is 5.60. The molecule has 0 aliphatic heterocycles. The molecule has 0 unspecified atom stereocenters. The molecule has 24 heavy (non-hydrogen) atoms. The predicted molar refractivity (Wildman–Crippen MR) is 78.6 cm³/mol. The number of hydrogen-bond donors (Lipinski definition) is 0. The summed E-state index contributed by atoms with van der Waals surface area (Å²) in [5, 5.41) is 8.75. The molecule has 0 bridgehead atoms. The summed E-state index contributed by atoms with van der Waals surface area (Å²) in [5.74, 6) is -0.896. The van der Waals surface area contributed by atoms with Gasteiger partial charge in [-0.3, -0.25) is 4.79 Å². The fourth-order valence-electron chi connectivity index (χ4n) is 1.59. The van der Waals surface area contributed by atoms with Gasteiger partial charge in [0.05, 0.1) is 5.52 Å². The molecule has 2 aromatic heterocycles. The first-order valence-corrected chi connectivity index (χ1v) is 7.89. The Kier molecular flexibility index (Phi) is 5.57. The molecule has 2 aromatic rings. The predicted octanol–water partition coefficient (Wildman–Crippen LogP) is 2.06. The van der Waals surface area contributed by atoms with E-state index in [4.69, 9.17) is 5.26 Å². The molecular weight excluding hydrogens is 351 g/mol. The standard InChI is InChI=1S/C11H6F3N3O4S.C2H6/c1-17-7-3-2-6(5-15)16-10(7)8(4-9(17)18)21-22(19,20)11(12,13)14;1-2/h2-4H,1H3;1-2H3. The van der Waals surface area contributed by atoms with E-state index in [0.717, 1.165) is 4.57 Å². The van der Waals surface area contributed by atoms with Crippen molar-refractivity contribution in [3.05, 3.63) is 34.2 Å². The molecule has 0 atom stereocenters. The fourth-order valence-corrected chi connectivity index (χ4v) is 2.05. The first-order valence-electron chi connectivity index (χ1n) is 6.48. The molecule has 0 spiro atoms. The lowest BCUT2D eigenvalue weighted by Gasteiger charge is -2.12. The molecule has 11 heteroatoms. The summed E-state index contributed by atoms with van der Waals surface area (Å²) >= 11 is 0. The monoisotopic (exact) mass is 363 g/mol. The van der Waals surface area contributed by atoms with Crippen LogP contribution in [0.15, 0.2) is 23.0 Å². The molecule has 0 aromatic carbocycles. The molecule has 0 N–H and O–H groups in total. The second-order valence-electron chi connectivity index (χ2n) is 4.07. The number of hydrogen-bond acceptors (Lipinski definition) is 6. The van der Waals surface area contributed by atoms with Crippen molar-refractivity contribution in [1.29, 1.82) is 5.26 Å². The van der Waals surface area contributed by atoms with Crippen molar-refractivity contribution in [2.45, 2.75) is 19.4 Å². The summed E-state index contributed by atoms with van der Waals surface area (Å²) in [5.41, 5.74) is -6.98. The van der Waals surface area contributed by atoms with Gasteiger partial charge < -0.3 is 8.75 Å². The van der Waals surface area contributed by atoms with Gasteiger partial charge in [-0.15, -0.1) is 0 Å². The molecule has 0 aliphatic carbocycles. The second kappa shape index (κ2) is 6.88. The van der Waals surface area contributed by atoms with Gasteiger partial charge in [0.1, 0.15) is 17.3 Å². The minimum atomic E-state index is -5.96. The maximum Gasteiger partial charge on any atom is 0.534 e. The van der Waals surface area contributed by atoms with Crippen LogP contribution in [0.5, 0.6) is 5.75 Å². The van der Waals surface area contributed by atoms with Crippen molar-refractivity contribution in [3.8, 4) is 11.8 Å². The Bertz CT molecular complexity index is 959. The molecule has 0 fully saturated rings. The fraction of sp³-hybridized carbons (Fsp3) is 0.308. The number of nitrogens with zero attached hydrogens (tertiary/aromatic N) is 3. The summed E-state index contributed by atoms with van der Waals surface area (Å²) in [6.45, 7) is 4.00. The SMILES string of the molecule is CC.Cn1c(=O)cc(OS(=O)(=O)C(F)(F)F)c2nc(C#N)ccc21. The van der Waals surface area contributed by atoms with E-state index < -0.39 is 26.9 Å². The van der Waals surface area contributed by atoms with Gasteiger partial charge in [0.25, 0.3) is 5.56 Å². The van der Waals surface area contributed by atoms with Gasteiger partial charge in [-0.05, 0) is 12.1 Å². The number of aromatic nitrogens is 2. The Labute approximate surface area is 135 Å². The molecule has 0 radical (unpaired) electrons. The van der Waals surface area contributed by atoms with E-state index >= 15 is 0 Å². The van der Waals surface area contributed by atoms with Crippen LogP contribution in [0, 0.1) is 11.3 Å². The largest absolute Gasteiger partial charge is 0.534 e. The highest BCUT2D eigenvalue weighted by atomic mass is 32.2. The summed E-state index contributed by atoms with van der Waals surface area (Å²) in [4.78, 5) is 15.3. The van der Waals surface area contributed by atoms with E-state index in [1.54, 1.807) is 6.07 Å². The van der Waals surface area contributed by atoms with Crippen LogP contribution in [0.25, 0.3) is 11.0 Å². The third-order valence-electron chi connectivity index (χ3n) is 2.65. The molecule has 0 saturated carbocycles. The summed E-state index contributed by atoms with van der Waals surface area (Å²) in [7, 11) is -4.66. The number of alkyl halides is 3. The summed E-state index contributed by atoms with van der Waals surface area (Å²) < 4.78 is 64.3. The third-order valence-corrected chi connectivity index (χ3v) is 3.62. The molecule has 7 nitrogen and oxygen atoms in total. The van der Waals surface area contributed by atoms with Gasteiger partial charge in [0, 0.05) is 13.1 Å². The highest BCUT2D eigenvalue weighted by Crippen LogP contribution is 2.29. The van der Waals surface area contributed by atoms with E-state index in [0.29, 0.717) is 6.07 Å². The van der Waals surface area contributed by atoms with Crippen LogP contribution >= 0.6 is 0 Å². The zero-order chi connectivity index (χ0) is 18.7. The van der Waals surface area contributed by atoms with Crippen molar-refractivity contribution in [1.82, 2.24) is 9.55 Å². The van der Waals surface area contributed by atoms with Crippen LogP contribution in [-0.2, 0) is 17.2 Å². The Morgan fingerprint density at radius 1 is 1.29 bits per heavy atom. The van der Waals surface area contributed by atoms with E-state index in [2.05, 4.69) is 9.17 Å². The topological polar surface area (TPSA) is 102 Å². The molecule has 2 rings (SSSR count). The maximum absolute atomic E-state index is 12.4. The molecular formula is C13H12F3N3O4S. The van der Waals surface area contributed by atoms with Crippen LogP contribution in [0.3, 0.4) is 0 Å². The van der Waals surface area contributed by atoms with Crippen molar-refractivity contribution in [2.75, 3.05) is 0 Å². The van der Waals surface area contributed by atoms with E-state index in [1.165, 1.54) is 19.2 Å². The Morgan fingerprint density at radius 2 is 1.88 bits per heavy atom. The first kappa shape index (κ1) is 19.4. The number of aryl methyl sites for hydroxylation is 1. The molecule has 2 heterocycles.